The number of hydrogen-bond donors (Lipinski definition) is 4. The first kappa shape index (κ1) is 19.6. The number of H-pyrrole nitrogens is 1. The van der Waals surface area contributed by atoms with Gasteiger partial charge in [0.1, 0.15) is 0 Å². The summed E-state index contributed by atoms with van der Waals surface area (Å²) in [6.45, 7) is 1.84. The second-order valence-electron chi connectivity index (χ2n) is 7.76. The number of aromatic amines is 1. The average Bonchev–Trinajstić information content (AvgIpc) is 3.10. The fourth-order valence-corrected chi connectivity index (χ4v) is 4.27. The molecule has 3 aromatic rings. The number of aliphatic hydroxyl groups excluding tert-OH is 2. The van der Waals surface area contributed by atoms with Gasteiger partial charge in [0.05, 0.1) is 23.7 Å². The van der Waals surface area contributed by atoms with Gasteiger partial charge < -0.3 is 20.5 Å². The summed E-state index contributed by atoms with van der Waals surface area (Å²) in [4.78, 5) is 13.9. The summed E-state index contributed by atoms with van der Waals surface area (Å²) >= 11 is 0. The minimum absolute atomic E-state index is 0.00342. The Morgan fingerprint density at radius 2 is 2.03 bits per heavy atom. The number of rotatable bonds is 6. The molecular formula is C22H25N3O4. The molecule has 3 atom stereocenters. The molecule has 0 unspecified atom stereocenters. The van der Waals surface area contributed by atoms with Crippen LogP contribution in [-0.2, 0) is 6.42 Å². The van der Waals surface area contributed by atoms with Gasteiger partial charge in [0.15, 0.2) is 0 Å². The van der Waals surface area contributed by atoms with Crippen LogP contribution in [-0.4, -0.2) is 32.8 Å². The van der Waals surface area contributed by atoms with Gasteiger partial charge >= 0.3 is 0 Å². The van der Waals surface area contributed by atoms with Gasteiger partial charge in [-0.25, -0.2) is 0 Å². The van der Waals surface area contributed by atoms with Crippen molar-refractivity contribution in [3.63, 3.8) is 0 Å². The molecule has 2 aromatic carbocycles. The first-order valence-electron chi connectivity index (χ1n) is 9.88. The van der Waals surface area contributed by atoms with Crippen LogP contribution in [0.4, 0.5) is 5.69 Å². The van der Waals surface area contributed by atoms with Gasteiger partial charge in [-0.2, -0.15) is 0 Å². The molecule has 0 amide bonds. The molecule has 152 valence electrons. The third kappa shape index (κ3) is 3.76. The van der Waals surface area contributed by atoms with Crippen molar-refractivity contribution in [2.24, 2.45) is 0 Å². The fourth-order valence-electron chi connectivity index (χ4n) is 4.27. The van der Waals surface area contributed by atoms with Crippen molar-refractivity contribution in [3.8, 4) is 0 Å². The molecule has 0 radical (unpaired) electrons. The first-order valence-corrected chi connectivity index (χ1v) is 9.88. The Kier molecular flexibility index (Phi) is 5.36. The highest BCUT2D eigenvalue weighted by Gasteiger charge is 2.29. The Morgan fingerprint density at radius 3 is 2.72 bits per heavy atom. The van der Waals surface area contributed by atoms with Crippen LogP contribution in [0.25, 0.3) is 10.9 Å². The number of non-ortho nitro benzene ring substituents is 1. The van der Waals surface area contributed by atoms with Gasteiger partial charge in [0.2, 0.25) is 0 Å². The number of fused-ring (bicyclic) bond motifs is 3. The molecule has 1 aliphatic rings. The Hall–Kier alpha value is -2.74. The molecule has 1 aliphatic carbocycles. The smallest absolute Gasteiger partial charge is 0.269 e. The maximum Gasteiger partial charge on any atom is 0.269 e. The van der Waals surface area contributed by atoms with Gasteiger partial charge in [-0.05, 0) is 61.6 Å². The molecule has 7 nitrogen and oxygen atoms in total. The van der Waals surface area contributed by atoms with E-state index in [1.165, 1.54) is 40.8 Å². The minimum atomic E-state index is -0.974. The molecule has 7 heteroatoms. The molecule has 0 aliphatic heterocycles. The zero-order chi connectivity index (χ0) is 20.5. The number of nitro groups is 1. The molecule has 29 heavy (non-hydrogen) atoms. The first-order chi connectivity index (χ1) is 14.0. The normalized spacial score (nSPS) is 18.4. The summed E-state index contributed by atoms with van der Waals surface area (Å²) in [5.41, 5.74) is 5.24. The molecule has 0 saturated heterocycles. The van der Waals surface area contributed by atoms with E-state index in [1.54, 1.807) is 0 Å². The Bertz CT molecular complexity index is 1030. The van der Waals surface area contributed by atoms with Gasteiger partial charge in [0, 0.05) is 34.8 Å². The van der Waals surface area contributed by atoms with E-state index in [0.717, 1.165) is 30.5 Å². The quantitative estimate of drug-likeness (QED) is 0.377. The van der Waals surface area contributed by atoms with Crippen molar-refractivity contribution in [1.29, 1.82) is 0 Å². The van der Waals surface area contributed by atoms with E-state index in [-0.39, 0.29) is 18.3 Å². The zero-order valence-corrected chi connectivity index (χ0v) is 16.3. The summed E-state index contributed by atoms with van der Waals surface area (Å²) in [5.74, 6) is 0. The summed E-state index contributed by atoms with van der Waals surface area (Å²) < 4.78 is 0. The van der Waals surface area contributed by atoms with E-state index in [9.17, 15) is 20.3 Å². The number of aryl methyl sites for hydroxylation is 2. The minimum Gasteiger partial charge on any atom is -0.395 e. The maximum absolute atomic E-state index is 10.8. The summed E-state index contributed by atoms with van der Waals surface area (Å²) in [7, 11) is 0. The van der Waals surface area contributed by atoms with E-state index >= 15 is 0 Å². The van der Waals surface area contributed by atoms with Crippen LogP contribution in [0.1, 0.15) is 47.4 Å². The molecule has 0 saturated carbocycles. The lowest BCUT2D eigenvalue weighted by Gasteiger charge is -2.30. The molecule has 0 spiro atoms. The number of nitrogens with one attached hydrogen (secondary N) is 2. The van der Waals surface area contributed by atoms with Gasteiger partial charge in [-0.15, -0.1) is 0 Å². The van der Waals surface area contributed by atoms with Crippen LogP contribution in [0.5, 0.6) is 0 Å². The molecule has 0 fully saturated rings. The number of aliphatic hydroxyl groups is 2. The third-order valence-electron chi connectivity index (χ3n) is 5.80. The van der Waals surface area contributed by atoms with Crippen LogP contribution >= 0.6 is 0 Å². The molecule has 0 bridgehead atoms. The van der Waals surface area contributed by atoms with Crippen molar-refractivity contribution >= 4 is 16.6 Å². The maximum atomic E-state index is 10.8. The highest BCUT2D eigenvalue weighted by atomic mass is 16.6. The van der Waals surface area contributed by atoms with E-state index in [0.29, 0.717) is 5.56 Å². The van der Waals surface area contributed by atoms with Gasteiger partial charge in [-0.1, -0.05) is 11.6 Å². The average molecular weight is 395 g/mol. The van der Waals surface area contributed by atoms with E-state index in [1.807, 2.05) is 0 Å². The van der Waals surface area contributed by atoms with E-state index in [4.69, 9.17) is 0 Å². The second kappa shape index (κ2) is 7.94. The lowest BCUT2D eigenvalue weighted by molar-refractivity contribution is -0.384. The molecule has 4 N–H and O–H groups in total. The summed E-state index contributed by atoms with van der Waals surface area (Å²) in [6.07, 6.45) is 1.96. The lowest BCUT2D eigenvalue weighted by Crippen LogP contribution is -2.41. The van der Waals surface area contributed by atoms with Crippen LogP contribution in [0.15, 0.2) is 42.5 Å². The Morgan fingerprint density at radius 1 is 1.28 bits per heavy atom. The molecule has 1 heterocycles. The van der Waals surface area contributed by atoms with Gasteiger partial charge in [0.25, 0.3) is 5.69 Å². The van der Waals surface area contributed by atoms with Crippen molar-refractivity contribution in [1.82, 2.24) is 10.3 Å². The standard InChI is InChI=1S/C22H25N3O4/c1-13-5-10-18-17(11-13)16-3-2-4-19(21(16)24-18)23-20(12-26)22(27)14-6-8-15(9-7-14)25(28)29/h5-11,19-20,22-24,26-27H,2-4,12H2,1H3/t19-,20-,22-/m1/s1. The predicted molar refractivity (Wildman–Crippen MR) is 111 cm³/mol. The van der Waals surface area contributed by atoms with Crippen LogP contribution in [0, 0.1) is 17.0 Å². The highest BCUT2D eigenvalue weighted by molar-refractivity contribution is 5.85. The highest BCUT2D eigenvalue weighted by Crippen LogP contribution is 2.36. The number of benzene rings is 2. The fraction of sp³-hybridized carbons (Fsp3) is 0.364. The monoisotopic (exact) mass is 395 g/mol. The third-order valence-corrected chi connectivity index (χ3v) is 5.80. The molecule has 1 aromatic heterocycles. The van der Waals surface area contributed by atoms with Gasteiger partial charge in [-0.3, -0.25) is 10.1 Å². The largest absolute Gasteiger partial charge is 0.395 e. The number of aromatic nitrogens is 1. The van der Waals surface area contributed by atoms with Crippen LogP contribution in [0.2, 0.25) is 0 Å². The Balaban J connectivity index is 1.58. The van der Waals surface area contributed by atoms with Crippen LogP contribution in [0.3, 0.4) is 0 Å². The number of hydrogen-bond acceptors (Lipinski definition) is 5. The topological polar surface area (TPSA) is 111 Å². The van der Waals surface area contributed by atoms with Crippen molar-refractivity contribution in [3.05, 3.63) is 75.0 Å². The van der Waals surface area contributed by atoms with Crippen molar-refractivity contribution in [2.45, 2.75) is 44.4 Å². The molecule has 4 rings (SSSR count). The molecular weight excluding hydrogens is 370 g/mol. The van der Waals surface area contributed by atoms with Crippen molar-refractivity contribution < 1.29 is 15.1 Å². The van der Waals surface area contributed by atoms with E-state index in [2.05, 4.69) is 35.4 Å². The Labute approximate surface area is 168 Å². The van der Waals surface area contributed by atoms with E-state index < -0.39 is 17.1 Å². The number of nitro benzene ring substituents is 1. The van der Waals surface area contributed by atoms with Crippen LogP contribution < -0.4 is 5.32 Å². The summed E-state index contributed by atoms with van der Waals surface area (Å²) in [6, 6.07) is 11.6. The summed E-state index contributed by atoms with van der Waals surface area (Å²) in [5, 5.41) is 36.2. The number of nitrogens with zero attached hydrogens (tertiary/aromatic N) is 1. The SMILES string of the molecule is Cc1ccc2[nH]c3c(c2c1)CCC[C@H]3N[C@H](CO)[C@H](O)c1ccc([N+](=O)[O-])cc1. The predicted octanol–water partition coefficient (Wildman–Crippen LogP) is 3.45. The zero-order valence-electron chi connectivity index (χ0n) is 16.3. The van der Waals surface area contributed by atoms with Crippen molar-refractivity contribution in [2.75, 3.05) is 6.61 Å². The second-order valence-corrected chi connectivity index (χ2v) is 7.76. The lowest BCUT2D eigenvalue weighted by atomic mass is 9.90.